The van der Waals surface area contributed by atoms with Gasteiger partial charge in [0.2, 0.25) is 0 Å². The van der Waals surface area contributed by atoms with E-state index in [1.165, 1.54) is 38.5 Å². The minimum Gasteiger partial charge on any atom is -0.465 e. The van der Waals surface area contributed by atoms with Crippen LogP contribution in [-0.4, -0.2) is 75.0 Å². The van der Waals surface area contributed by atoms with Crippen molar-refractivity contribution < 1.29 is 33.3 Å². The summed E-state index contributed by atoms with van der Waals surface area (Å²) in [5.41, 5.74) is 0. The number of rotatable bonds is 37. The van der Waals surface area contributed by atoms with Crippen LogP contribution in [0.15, 0.2) is 0 Å². The second-order valence-corrected chi connectivity index (χ2v) is 19.0. The van der Waals surface area contributed by atoms with Crippen LogP contribution in [0.4, 0.5) is 0 Å². The standard InChI is InChI=1S/C49H93NO7/c1-40(2)29-31-44(42(5)6)38-55-47(51)26-21-17-13-9-11-15-19-24-46(57-49(53)28-23-33-50-34-36-54-37-35-50)25-20-16-12-10-14-18-22-27-48(52)56-39-45(43(7)8)32-30-41(3)4/h40-46H,9-39H2,1-8H3. The van der Waals surface area contributed by atoms with Gasteiger partial charge in [0, 0.05) is 32.4 Å². The maximum atomic E-state index is 12.8. The maximum absolute atomic E-state index is 12.8. The van der Waals surface area contributed by atoms with Crippen molar-refractivity contribution in [1.82, 2.24) is 4.90 Å². The Kier molecular flexibility index (Phi) is 32.9. The molecule has 0 saturated carbocycles. The quantitative estimate of drug-likeness (QED) is 0.0348. The van der Waals surface area contributed by atoms with E-state index in [2.05, 4.69) is 60.3 Å². The molecule has 2 atom stereocenters. The molecular weight excluding hydrogens is 715 g/mol. The van der Waals surface area contributed by atoms with Gasteiger partial charge in [0.25, 0.3) is 0 Å². The molecular formula is C49H93NO7. The van der Waals surface area contributed by atoms with Crippen molar-refractivity contribution in [3.63, 3.8) is 0 Å². The number of carbonyl (C=O) groups is 3. The Morgan fingerprint density at radius 1 is 0.474 bits per heavy atom. The highest BCUT2D eigenvalue weighted by molar-refractivity contribution is 5.70. The second kappa shape index (κ2) is 35.1. The minimum atomic E-state index is -0.0455. The molecule has 1 saturated heterocycles. The SMILES string of the molecule is CC(C)CCC(COC(=O)CCCCCCCCCC(CCCCCCCCCC(=O)OCC(CCC(C)C)C(C)C)OC(=O)CCCN1CCOCC1)C(C)C. The van der Waals surface area contributed by atoms with Crippen LogP contribution in [-0.2, 0) is 33.3 Å². The first kappa shape index (κ1) is 53.3. The van der Waals surface area contributed by atoms with Crippen LogP contribution in [0.5, 0.6) is 0 Å². The number of hydrogen-bond acceptors (Lipinski definition) is 8. The lowest BCUT2D eigenvalue weighted by Crippen LogP contribution is -2.37. The van der Waals surface area contributed by atoms with Crippen LogP contribution in [0, 0.1) is 35.5 Å². The van der Waals surface area contributed by atoms with E-state index in [1.54, 1.807) is 0 Å². The maximum Gasteiger partial charge on any atom is 0.306 e. The van der Waals surface area contributed by atoms with Crippen molar-refractivity contribution in [2.45, 2.75) is 216 Å². The minimum absolute atomic E-state index is 0.0132. The summed E-state index contributed by atoms with van der Waals surface area (Å²) in [7, 11) is 0. The van der Waals surface area contributed by atoms with E-state index in [9.17, 15) is 14.4 Å². The molecule has 2 unspecified atom stereocenters. The molecule has 0 radical (unpaired) electrons. The molecule has 0 aromatic rings. The summed E-state index contributed by atoms with van der Waals surface area (Å²) >= 11 is 0. The van der Waals surface area contributed by atoms with E-state index < -0.39 is 0 Å². The zero-order valence-corrected chi connectivity index (χ0v) is 38.8. The van der Waals surface area contributed by atoms with Crippen molar-refractivity contribution in [3.05, 3.63) is 0 Å². The molecule has 0 spiro atoms. The van der Waals surface area contributed by atoms with Crippen molar-refractivity contribution in [2.75, 3.05) is 46.1 Å². The van der Waals surface area contributed by atoms with Gasteiger partial charge >= 0.3 is 17.9 Å². The fourth-order valence-corrected chi connectivity index (χ4v) is 7.69. The number of hydrogen-bond donors (Lipinski definition) is 0. The molecule has 0 aromatic heterocycles. The predicted octanol–water partition coefficient (Wildman–Crippen LogP) is 12.5. The average Bonchev–Trinajstić information content (AvgIpc) is 3.16. The van der Waals surface area contributed by atoms with Crippen molar-refractivity contribution in [1.29, 1.82) is 0 Å². The molecule has 8 nitrogen and oxygen atoms in total. The molecule has 1 aliphatic rings. The molecule has 8 heteroatoms. The Morgan fingerprint density at radius 3 is 1.26 bits per heavy atom. The highest BCUT2D eigenvalue weighted by atomic mass is 16.5. The van der Waals surface area contributed by atoms with Gasteiger partial charge in [0.1, 0.15) is 6.10 Å². The number of carbonyl (C=O) groups excluding carboxylic acids is 3. The smallest absolute Gasteiger partial charge is 0.306 e. The molecule has 1 rings (SSSR count). The Morgan fingerprint density at radius 2 is 0.860 bits per heavy atom. The van der Waals surface area contributed by atoms with Gasteiger partial charge in [-0.3, -0.25) is 19.3 Å². The summed E-state index contributed by atoms with van der Waals surface area (Å²) in [5.74, 6) is 3.23. The number of unbranched alkanes of at least 4 members (excludes halogenated alkanes) is 12. The van der Waals surface area contributed by atoms with Gasteiger partial charge in [0.05, 0.1) is 26.4 Å². The zero-order chi connectivity index (χ0) is 42.1. The largest absolute Gasteiger partial charge is 0.465 e. The fraction of sp³-hybridized carbons (Fsp3) is 0.939. The van der Waals surface area contributed by atoms with Crippen LogP contribution >= 0.6 is 0 Å². The first-order valence-corrected chi connectivity index (χ1v) is 24.2. The van der Waals surface area contributed by atoms with Crippen molar-refractivity contribution in [2.24, 2.45) is 35.5 Å². The second-order valence-electron chi connectivity index (χ2n) is 19.0. The van der Waals surface area contributed by atoms with E-state index in [0.29, 0.717) is 68.0 Å². The first-order chi connectivity index (χ1) is 27.4. The summed E-state index contributed by atoms with van der Waals surface area (Å²) in [4.78, 5) is 39.9. The molecule has 1 fully saturated rings. The van der Waals surface area contributed by atoms with Gasteiger partial charge in [-0.25, -0.2) is 0 Å². The molecule has 336 valence electrons. The Balaban J connectivity index is 2.27. The molecule has 0 amide bonds. The predicted molar refractivity (Wildman–Crippen MR) is 236 cm³/mol. The lowest BCUT2D eigenvalue weighted by molar-refractivity contribution is -0.150. The average molecular weight is 808 g/mol. The first-order valence-electron chi connectivity index (χ1n) is 24.2. The highest BCUT2D eigenvalue weighted by Gasteiger charge is 2.19. The van der Waals surface area contributed by atoms with Crippen LogP contribution in [0.25, 0.3) is 0 Å². The normalized spacial score (nSPS) is 15.4. The van der Waals surface area contributed by atoms with Gasteiger partial charge in [-0.1, -0.05) is 132 Å². The molecule has 57 heavy (non-hydrogen) atoms. The van der Waals surface area contributed by atoms with Crippen molar-refractivity contribution in [3.8, 4) is 0 Å². The van der Waals surface area contributed by atoms with Crippen LogP contribution in [0.2, 0.25) is 0 Å². The molecule has 0 N–H and O–H groups in total. The Labute approximate surface area is 352 Å². The van der Waals surface area contributed by atoms with Gasteiger partial charge < -0.3 is 18.9 Å². The lowest BCUT2D eigenvalue weighted by Gasteiger charge is -2.26. The number of esters is 3. The van der Waals surface area contributed by atoms with E-state index in [1.807, 2.05) is 0 Å². The van der Waals surface area contributed by atoms with Crippen LogP contribution < -0.4 is 0 Å². The number of morpholine rings is 1. The monoisotopic (exact) mass is 808 g/mol. The number of nitrogens with zero attached hydrogens (tertiary/aromatic N) is 1. The van der Waals surface area contributed by atoms with Gasteiger partial charge in [0.15, 0.2) is 0 Å². The summed E-state index contributed by atoms with van der Waals surface area (Å²) in [6.07, 6.45) is 24.4. The van der Waals surface area contributed by atoms with E-state index in [0.717, 1.165) is 129 Å². The Hall–Kier alpha value is -1.67. The molecule has 0 aromatic carbocycles. The summed E-state index contributed by atoms with van der Waals surface area (Å²) < 4.78 is 22.8. The third-order valence-corrected chi connectivity index (χ3v) is 12.1. The van der Waals surface area contributed by atoms with Crippen LogP contribution in [0.3, 0.4) is 0 Å². The highest BCUT2D eigenvalue weighted by Crippen LogP contribution is 2.23. The Bertz CT molecular complexity index is 919. The fourth-order valence-electron chi connectivity index (χ4n) is 7.69. The number of ether oxygens (including phenoxy) is 4. The van der Waals surface area contributed by atoms with Crippen molar-refractivity contribution >= 4 is 17.9 Å². The lowest BCUT2D eigenvalue weighted by atomic mass is 9.89. The van der Waals surface area contributed by atoms with Gasteiger partial charge in [-0.2, -0.15) is 0 Å². The summed E-state index contributed by atoms with van der Waals surface area (Å²) in [6.45, 7) is 23.4. The summed E-state index contributed by atoms with van der Waals surface area (Å²) in [5, 5.41) is 0. The van der Waals surface area contributed by atoms with E-state index in [-0.39, 0.29) is 24.0 Å². The van der Waals surface area contributed by atoms with Gasteiger partial charge in [-0.15, -0.1) is 0 Å². The molecule has 0 bridgehead atoms. The topological polar surface area (TPSA) is 91.4 Å². The zero-order valence-electron chi connectivity index (χ0n) is 38.8. The third-order valence-electron chi connectivity index (χ3n) is 12.1. The van der Waals surface area contributed by atoms with Crippen LogP contribution in [0.1, 0.15) is 209 Å². The third kappa shape index (κ3) is 31.9. The van der Waals surface area contributed by atoms with E-state index >= 15 is 0 Å². The summed E-state index contributed by atoms with van der Waals surface area (Å²) in [6, 6.07) is 0. The molecule has 1 heterocycles. The van der Waals surface area contributed by atoms with Gasteiger partial charge in [-0.05, 0) is 99.8 Å². The molecule has 1 aliphatic heterocycles. The van der Waals surface area contributed by atoms with E-state index in [4.69, 9.17) is 18.9 Å². The molecule has 0 aliphatic carbocycles.